The lowest BCUT2D eigenvalue weighted by atomic mass is 9.87. The number of amides is 1. The fourth-order valence-corrected chi connectivity index (χ4v) is 4.77. The average Bonchev–Trinajstić information content (AvgIpc) is 3.26. The van der Waals surface area contributed by atoms with E-state index in [0.717, 1.165) is 19.3 Å². The molecule has 11 heteroatoms. The maximum absolute atomic E-state index is 15.0. The van der Waals surface area contributed by atoms with Crippen LogP contribution in [0.4, 0.5) is 9.18 Å². The van der Waals surface area contributed by atoms with E-state index in [4.69, 9.17) is 9.47 Å². The summed E-state index contributed by atoms with van der Waals surface area (Å²) in [6.07, 6.45) is 3.44. The van der Waals surface area contributed by atoms with Crippen molar-refractivity contribution >= 4 is 34.7 Å². The van der Waals surface area contributed by atoms with Gasteiger partial charge in [0.1, 0.15) is 18.0 Å². The van der Waals surface area contributed by atoms with Crippen LogP contribution in [0, 0.1) is 11.7 Å². The van der Waals surface area contributed by atoms with Gasteiger partial charge in [-0.05, 0) is 57.2 Å². The zero-order valence-corrected chi connectivity index (χ0v) is 22.4. The number of aromatic nitrogens is 3. The number of aliphatic carboxylic acids is 1. The summed E-state index contributed by atoms with van der Waals surface area (Å²) >= 11 is 2.13. The van der Waals surface area contributed by atoms with Gasteiger partial charge in [0, 0.05) is 18.7 Å². The number of rotatable bonds is 10. The minimum atomic E-state index is -0.841. The Balaban J connectivity index is 1.73. The molecule has 1 unspecified atom stereocenters. The lowest BCUT2D eigenvalue weighted by molar-refractivity contribution is -0.143. The topological polar surface area (TPSA) is 107 Å². The Morgan fingerprint density at radius 3 is 2.80 bits per heavy atom. The Kier molecular flexibility index (Phi) is 9.70. The van der Waals surface area contributed by atoms with Crippen LogP contribution < -0.4 is 4.74 Å². The fourth-order valence-electron chi connectivity index (χ4n) is 4.22. The number of hydrogen-bond acceptors (Lipinski definition) is 6. The van der Waals surface area contributed by atoms with Gasteiger partial charge >= 0.3 is 12.1 Å². The van der Waals surface area contributed by atoms with Gasteiger partial charge in [-0.25, -0.2) is 13.9 Å². The van der Waals surface area contributed by atoms with Gasteiger partial charge < -0.3 is 19.5 Å². The highest BCUT2D eigenvalue weighted by molar-refractivity contribution is 14.1. The lowest BCUT2D eigenvalue weighted by Gasteiger charge is -2.27. The molecular formula is C24H32FIN4O5. The normalized spacial score (nSPS) is 18.7. The van der Waals surface area contributed by atoms with Crippen LogP contribution in [0.2, 0.25) is 0 Å². The van der Waals surface area contributed by atoms with E-state index in [9.17, 15) is 19.1 Å². The van der Waals surface area contributed by atoms with Gasteiger partial charge in [0.05, 0.1) is 16.6 Å². The second kappa shape index (κ2) is 12.5. The van der Waals surface area contributed by atoms with Crippen LogP contribution in [0.3, 0.4) is 0 Å². The molecule has 35 heavy (non-hydrogen) atoms. The molecule has 0 radical (unpaired) electrons. The van der Waals surface area contributed by atoms with Gasteiger partial charge in [-0.1, -0.05) is 41.1 Å². The predicted octanol–water partition coefficient (Wildman–Crippen LogP) is 5.26. The summed E-state index contributed by atoms with van der Waals surface area (Å²) in [5.41, 5.74) is 1.47. The quantitative estimate of drug-likeness (QED) is 0.292. The van der Waals surface area contributed by atoms with Crippen molar-refractivity contribution in [3.63, 3.8) is 0 Å². The molecule has 1 fully saturated rings. The van der Waals surface area contributed by atoms with E-state index in [1.54, 1.807) is 22.7 Å². The molecule has 2 aromatic rings. The molecular weight excluding hydrogens is 570 g/mol. The van der Waals surface area contributed by atoms with Gasteiger partial charge in [-0.3, -0.25) is 4.79 Å². The highest BCUT2D eigenvalue weighted by atomic mass is 127. The van der Waals surface area contributed by atoms with E-state index in [2.05, 4.69) is 39.8 Å². The molecule has 1 aromatic heterocycles. The molecule has 1 amide bonds. The maximum atomic E-state index is 15.0. The fraction of sp³-hybridized carbons (Fsp3) is 0.583. The first-order valence-electron chi connectivity index (χ1n) is 11.8. The third kappa shape index (κ3) is 6.83. The molecule has 3 atom stereocenters. The number of benzene rings is 1. The Morgan fingerprint density at radius 2 is 2.14 bits per heavy atom. The number of ether oxygens (including phenoxy) is 2. The molecule has 0 bridgehead atoms. The second-order valence-electron chi connectivity index (χ2n) is 8.89. The number of hydrogen-bond donors (Lipinski definition) is 1. The van der Waals surface area contributed by atoms with Crippen LogP contribution in [-0.2, 0) is 20.7 Å². The van der Waals surface area contributed by atoms with E-state index in [-0.39, 0.29) is 24.5 Å². The minimum absolute atomic E-state index is 0.0497. The first kappa shape index (κ1) is 27.2. The zero-order chi connectivity index (χ0) is 25.5. The highest BCUT2D eigenvalue weighted by Gasteiger charge is 2.29. The number of nitrogens with zero attached hydrogens (tertiary/aromatic N) is 4. The Bertz CT molecular complexity index is 1030. The van der Waals surface area contributed by atoms with Crippen molar-refractivity contribution < 1.29 is 28.6 Å². The number of halogens is 2. The zero-order valence-electron chi connectivity index (χ0n) is 20.2. The van der Waals surface area contributed by atoms with Gasteiger partial charge in [-0.2, -0.15) is 0 Å². The van der Waals surface area contributed by atoms with Crippen molar-refractivity contribution in [2.75, 3.05) is 7.05 Å². The SMILES string of the molecule is CCCC(C)N(C)C(=O)OCc1c(-c2ccc(O[C@H]3CCC[C@H](C(=O)O)C3)c(F)c2)nnn1CI. The number of alkyl halides is 1. The van der Waals surface area contributed by atoms with Crippen molar-refractivity contribution in [2.24, 2.45) is 5.92 Å². The van der Waals surface area contributed by atoms with Crippen LogP contribution in [-0.4, -0.2) is 56.3 Å². The van der Waals surface area contributed by atoms with E-state index >= 15 is 0 Å². The smallest absolute Gasteiger partial charge is 0.410 e. The third-order valence-corrected chi connectivity index (χ3v) is 7.06. The molecule has 1 saturated carbocycles. The number of carboxylic acid groups (broad SMARTS) is 1. The molecule has 0 aliphatic heterocycles. The van der Waals surface area contributed by atoms with Crippen LogP contribution in [0.15, 0.2) is 18.2 Å². The predicted molar refractivity (Wildman–Crippen MR) is 136 cm³/mol. The Labute approximate surface area is 218 Å². The van der Waals surface area contributed by atoms with Crippen molar-refractivity contribution in [3.8, 4) is 17.0 Å². The van der Waals surface area contributed by atoms with Gasteiger partial charge in [0.2, 0.25) is 0 Å². The summed E-state index contributed by atoms with van der Waals surface area (Å²) in [5.74, 6) is -1.80. The summed E-state index contributed by atoms with van der Waals surface area (Å²) in [4.78, 5) is 25.4. The Morgan fingerprint density at radius 1 is 1.37 bits per heavy atom. The van der Waals surface area contributed by atoms with E-state index in [1.165, 1.54) is 12.1 Å². The van der Waals surface area contributed by atoms with E-state index in [1.807, 2.05) is 6.92 Å². The third-order valence-electron chi connectivity index (χ3n) is 6.41. The van der Waals surface area contributed by atoms with Crippen LogP contribution in [0.1, 0.15) is 58.1 Å². The van der Waals surface area contributed by atoms with E-state index < -0.39 is 23.8 Å². The minimum Gasteiger partial charge on any atom is -0.487 e. The molecule has 1 N–H and O–H groups in total. The molecule has 3 rings (SSSR count). The monoisotopic (exact) mass is 602 g/mol. The first-order chi connectivity index (χ1) is 16.7. The molecule has 1 aromatic carbocycles. The van der Waals surface area contributed by atoms with Gasteiger partial charge in [-0.15, -0.1) is 5.10 Å². The van der Waals surface area contributed by atoms with Crippen molar-refractivity contribution in [3.05, 3.63) is 29.7 Å². The summed E-state index contributed by atoms with van der Waals surface area (Å²) in [7, 11) is 1.70. The summed E-state index contributed by atoms with van der Waals surface area (Å²) in [5, 5.41) is 17.6. The summed E-state index contributed by atoms with van der Waals surface area (Å²) < 4.78 is 28.4. The molecule has 0 saturated heterocycles. The molecule has 1 aliphatic carbocycles. The number of carboxylic acids is 1. The largest absolute Gasteiger partial charge is 0.487 e. The van der Waals surface area contributed by atoms with Crippen LogP contribution in [0.25, 0.3) is 11.3 Å². The maximum Gasteiger partial charge on any atom is 0.410 e. The van der Waals surface area contributed by atoms with E-state index in [0.29, 0.717) is 40.8 Å². The van der Waals surface area contributed by atoms with Crippen LogP contribution >= 0.6 is 22.6 Å². The van der Waals surface area contributed by atoms with Crippen LogP contribution in [0.5, 0.6) is 5.75 Å². The lowest BCUT2D eigenvalue weighted by Crippen LogP contribution is -2.35. The number of carbonyl (C=O) groups is 2. The van der Waals surface area contributed by atoms with Crippen molar-refractivity contribution in [2.45, 2.75) is 75.7 Å². The number of carbonyl (C=O) groups excluding carboxylic acids is 1. The molecule has 1 aliphatic rings. The average molecular weight is 602 g/mol. The Hall–Kier alpha value is -2.44. The molecule has 9 nitrogen and oxygen atoms in total. The molecule has 192 valence electrons. The summed E-state index contributed by atoms with van der Waals surface area (Å²) in [6.45, 7) is 3.98. The second-order valence-corrected chi connectivity index (χ2v) is 9.58. The highest BCUT2D eigenvalue weighted by Crippen LogP contribution is 2.32. The standard InChI is InChI=1S/C24H32FIN4O5/c1-4-6-15(2)29(3)24(33)34-13-20-22(27-28-30(20)14-26)16-9-10-21(19(25)12-16)35-18-8-5-7-17(11-18)23(31)32/h9-10,12,15,17-18H,4-8,11,13-14H2,1-3H3,(H,31,32)/t15?,17-,18-/m0/s1. The summed E-state index contributed by atoms with van der Waals surface area (Å²) in [6, 6.07) is 4.57. The van der Waals surface area contributed by atoms with Crippen molar-refractivity contribution in [1.82, 2.24) is 19.9 Å². The first-order valence-corrected chi connectivity index (χ1v) is 13.3. The van der Waals surface area contributed by atoms with Crippen molar-refractivity contribution in [1.29, 1.82) is 0 Å². The van der Waals surface area contributed by atoms with Gasteiger partial charge in [0.15, 0.2) is 11.6 Å². The molecule has 1 heterocycles. The van der Waals surface area contributed by atoms with Gasteiger partial charge in [0.25, 0.3) is 0 Å². The molecule has 0 spiro atoms.